The molecule has 2 aromatic rings. The molecule has 0 atom stereocenters. The summed E-state index contributed by atoms with van der Waals surface area (Å²) in [6.07, 6.45) is 2.08. The second-order valence-corrected chi connectivity index (χ2v) is 6.95. The topological polar surface area (TPSA) is 76.4 Å². The normalized spacial score (nSPS) is 15.6. The summed E-state index contributed by atoms with van der Waals surface area (Å²) in [4.78, 5) is 4.62. The molecule has 146 valence electrons. The maximum atomic E-state index is 13.6. The predicted octanol–water partition coefficient (Wildman–Crippen LogP) is 1.68. The zero-order chi connectivity index (χ0) is 19.3. The first-order valence-electron chi connectivity index (χ1n) is 9.16. The highest BCUT2D eigenvalue weighted by molar-refractivity contribution is 5.80. The standard InChI is InChI=1S/C19H27FN6O/c1-14-24-25-17(26(14)2)12-22-18(21-9-10-27-3)23-13-19(7-8-19)15-5-4-6-16(20)11-15/h4-6,11H,7-10,12-13H2,1-3H3,(H2,21,22,23). The van der Waals surface area contributed by atoms with Crippen molar-refractivity contribution in [2.24, 2.45) is 12.0 Å². The van der Waals surface area contributed by atoms with Crippen LogP contribution in [-0.2, 0) is 23.7 Å². The molecule has 1 saturated carbocycles. The molecule has 2 N–H and O–H groups in total. The molecule has 0 saturated heterocycles. The molecular formula is C19H27FN6O. The van der Waals surface area contributed by atoms with Crippen LogP contribution in [0.2, 0.25) is 0 Å². The monoisotopic (exact) mass is 374 g/mol. The van der Waals surface area contributed by atoms with E-state index in [1.165, 1.54) is 6.07 Å². The fourth-order valence-corrected chi connectivity index (χ4v) is 2.97. The highest BCUT2D eigenvalue weighted by Crippen LogP contribution is 2.47. The molecule has 7 nitrogen and oxygen atoms in total. The van der Waals surface area contributed by atoms with Crippen LogP contribution in [0.25, 0.3) is 0 Å². The van der Waals surface area contributed by atoms with Crippen molar-refractivity contribution in [2.75, 3.05) is 26.8 Å². The summed E-state index contributed by atoms with van der Waals surface area (Å²) < 4.78 is 20.6. The number of ether oxygens (including phenoxy) is 1. The predicted molar refractivity (Wildman–Crippen MR) is 102 cm³/mol. The van der Waals surface area contributed by atoms with E-state index in [1.54, 1.807) is 19.2 Å². The number of methoxy groups -OCH3 is 1. The molecule has 1 aromatic heterocycles. The zero-order valence-electron chi connectivity index (χ0n) is 16.1. The van der Waals surface area contributed by atoms with Gasteiger partial charge >= 0.3 is 0 Å². The Morgan fingerprint density at radius 2 is 2.15 bits per heavy atom. The van der Waals surface area contributed by atoms with Gasteiger partial charge in [-0.25, -0.2) is 9.38 Å². The maximum absolute atomic E-state index is 13.6. The summed E-state index contributed by atoms with van der Waals surface area (Å²) in [5.41, 5.74) is 1.02. The third-order valence-corrected chi connectivity index (χ3v) is 5.04. The van der Waals surface area contributed by atoms with E-state index in [1.807, 2.05) is 24.6 Å². The maximum Gasteiger partial charge on any atom is 0.191 e. The summed E-state index contributed by atoms with van der Waals surface area (Å²) in [5, 5.41) is 14.9. The smallest absolute Gasteiger partial charge is 0.191 e. The summed E-state index contributed by atoms with van der Waals surface area (Å²) in [7, 11) is 3.59. The lowest BCUT2D eigenvalue weighted by molar-refractivity contribution is 0.203. The van der Waals surface area contributed by atoms with Gasteiger partial charge in [-0.3, -0.25) is 0 Å². The molecule has 0 bridgehead atoms. The first kappa shape index (κ1) is 19.3. The molecule has 1 aliphatic carbocycles. The molecule has 1 fully saturated rings. The van der Waals surface area contributed by atoms with Crippen LogP contribution in [0, 0.1) is 12.7 Å². The summed E-state index contributed by atoms with van der Waals surface area (Å²) in [6, 6.07) is 6.88. The van der Waals surface area contributed by atoms with E-state index in [0.29, 0.717) is 32.2 Å². The van der Waals surface area contributed by atoms with Gasteiger partial charge in [-0.05, 0) is 37.5 Å². The Labute approximate surface area is 159 Å². The second-order valence-electron chi connectivity index (χ2n) is 6.95. The summed E-state index contributed by atoms with van der Waals surface area (Å²) in [6.45, 7) is 4.26. The van der Waals surface area contributed by atoms with Gasteiger partial charge in [-0.1, -0.05) is 12.1 Å². The van der Waals surface area contributed by atoms with E-state index < -0.39 is 0 Å². The van der Waals surface area contributed by atoms with Crippen molar-refractivity contribution in [1.29, 1.82) is 0 Å². The molecule has 1 heterocycles. The quantitative estimate of drug-likeness (QED) is 0.418. The number of nitrogens with one attached hydrogen (secondary N) is 2. The highest BCUT2D eigenvalue weighted by atomic mass is 19.1. The van der Waals surface area contributed by atoms with Crippen molar-refractivity contribution in [3.05, 3.63) is 47.3 Å². The van der Waals surface area contributed by atoms with Gasteiger partial charge in [0.15, 0.2) is 11.8 Å². The van der Waals surface area contributed by atoms with Gasteiger partial charge in [-0.15, -0.1) is 10.2 Å². The van der Waals surface area contributed by atoms with E-state index in [4.69, 9.17) is 4.74 Å². The fraction of sp³-hybridized carbons (Fsp3) is 0.526. The molecule has 0 unspecified atom stereocenters. The van der Waals surface area contributed by atoms with Crippen molar-refractivity contribution in [3.63, 3.8) is 0 Å². The third-order valence-electron chi connectivity index (χ3n) is 5.04. The minimum absolute atomic E-state index is 0.0207. The van der Waals surface area contributed by atoms with Crippen molar-refractivity contribution >= 4 is 5.96 Å². The largest absolute Gasteiger partial charge is 0.383 e. The number of aryl methyl sites for hydroxylation is 1. The van der Waals surface area contributed by atoms with Gasteiger partial charge in [0.25, 0.3) is 0 Å². The van der Waals surface area contributed by atoms with Crippen LogP contribution in [0.1, 0.15) is 30.1 Å². The molecule has 0 spiro atoms. The summed E-state index contributed by atoms with van der Waals surface area (Å²) in [5.74, 6) is 2.15. The van der Waals surface area contributed by atoms with Crippen molar-refractivity contribution in [1.82, 2.24) is 25.4 Å². The minimum atomic E-state index is -0.191. The van der Waals surface area contributed by atoms with E-state index in [9.17, 15) is 4.39 Å². The Bertz CT molecular complexity index is 799. The van der Waals surface area contributed by atoms with Crippen molar-refractivity contribution < 1.29 is 9.13 Å². The van der Waals surface area contributed by atoms with Gasteiger partial charge < -0.3 is 19.9 Å². The Balaban J connectivity index is 1.66. The number of benzene rings is 1. The van der Waals surface area contributed by atoms with Crippen LogP contribution in [0.3, 0.4) is 0 Å². The Kier molecular flexibility index (Phi) is 6.05. The Hall–Kier alpha value is -2.48. The number of hydrogen-bond acceptors (Lipinski definition) is 4. The van der Waals surface area contributed by atoms with Crippen molar-refractivity contribution in [3.8, 4) is 0 Å². The lowest BCUT2D eigenvalue weighted by Crippen LogP contribution is -2.42. The molecule has 1 aromatic carbocycles. The third kappa shape index (κ3) is 4.82. The first-order chi connectivity index (χ1) is 13.0. The number of aliphatic imine (C=N–C) groups is 1. The fourth-order valence-electron chi connectivity index (χ4n) is 2.97. The average Bonchev–Trinajstić information content (AvgIpc) is 3.39. The number of hydrogen-bond donors (Lipinski definition) is 2. The van der Waals surface area contributed by atoms with E-state index in [-0.39, 0.29) is 11.2 Å². The van der Waals surface area contributed by atoms with Crippen LogP contribution in [0.5, 0.6) is 0 Å². The van der Waals surface area contributed by atoms with Crippen LogP contribution < -0.4 is 10.6 Å². The van der Waals surface area contributed by atoms with E-state index >= 15 is 0 Å². The molecule has 27 heavy (non-hydrogen) atoms. The lowest BCUT2D eigenvalue weighted by Gasteiger charge is -2.19. The van der Waals surface area contributed by atoms with Gasteiger partial charge in [-0.2, -0.15) is 0 Å². The lowest BCUT2D eigenvalue weighted by atomic mass is 9.96. The average molecular weight is 374 g/mol. The number of guanidine groups is 1. The molecular weight excluding hydrogens is 347 g/mol. The molecule has 1 aliphatic rings. The van der Waals surface area contributed by atoms with Crippen LogP contribution in [0.15, 0.2) is 29.3 Å². The van der Waals surface area contributed by atoms with Crippen LogP contribution in [-0.4, -0.2) is 47.5 Å². The van der Waals surface area contributed by atoms with Gasteiger partial charge in [0.1, 0.15) is 18.2 Å². The molecule has 3 rings (SSSR count). The first-order valence-corrected chi connectivity index (χ1v) is 9.16. The van der Waals surface area contributed by atoms with Gasteiger partial charge in [0, 0.05) is 32.7 Å². The zero-order valence-corrected chi connectivity index (χ0v) is 16.1. The Morgan fingerprint density at radius 1 is 1.33 bits per heavy atom. The van der Waals surface area contributed by atoms with E-state index in [0.717, 1.165) is 30.1 Å². The second kappa shape index (κ2) is 8.47. The van der Waals surface area contributed by atoms with Gasteiger partial charge in [0.2, 0.25) is 0 Å². The summed E-state index contributed by atoms with van der Waals surface area (Å²) >= 11 is 0. The van der Waals surface area contributed by atoms with Crippen molar-refractivity contribution in [2.45, 2.75) is 31.7 Å². The molecule has 0 amide bonds. The van der Waals surface area contributed by atoms with Gasteiger partial charge in [0.05, 0.1) is 6.61 Å². The SMILES string of the molecule is COCCNC(=NCc1nnc(C)n1C)NCC1(c2cccc(F)c2)CC1. The molecule has 0 radical (unpaired) electrons. The molecule has 8 heteroatoms. The van der Waals surface area contributed by atoms with E-state index in [2.05, 4.69) is 25.8 Å². The number of aromatic nitrogens is 3. The Morgan fingerprint density at radius 3 is 2.78 bits per heavy atom. The van der Waals surface area contributed by atoms with Crippen LogP contribution in [0.4, 0.5) is 4.39 Å². The number of rotatable bonds is 8. The van der Waals surface area contributed by atoms with Crippen LogP contribution >= 0.6 is 0 Å². The molecule has 0 aliphatic heterocycles. The number of nitrogens with zero attached hydrogens (tertiary/aromatic N) is 4. The highest BCUT2D eigenvalue weighted by Gasteiger charge is 2.44. The minimum Gasteiger partial charge on any atom is -0.383 e. The number of halogens is 1.